The van der Waals surface area contributed by atoms with Gasteiger partial charge in [0.15, 0.2) is 0 Å². The van der Waals surface area contributed by atoms with Gasteiger partial charge in [0.05, 0.1) is 17.5 Å². The summed E-state index contributed by atoms with van der Waals surface area (Å²) in [5.74, 6) is -2.07. The molecule has 0 amide bonds. The van der Waals surface area contributed by atoms with Crippen molar-refractivity contribution in [2.45, 2.75) is 65.1 Å². The molecule has 218 valence electrons. The van der Waals surface area contributed by atoms with Crippen molar-refractivity contribution >= 4 is 29.6 Å². The molecule has 0 aliphatic heterocycles. The van der Waals surface area contributed by atoms with Crippen LogP contribution in [-0.4, -0.2) is 55.7 Å². The summed E-state index contributed by atoms with van der Waals surface area (Å²) >= 11 is 0. The SMILES string of the molecule is CC(C)c1nc(-c2cccc(NCC(=O)OC(C)(C)C)c2)c(-c2ccc(F)cc2)n1/C=C/C(O)CC(=O)CC(=O)O. The first-order valence-corrected chi connectivity index (χ1v) is 13.3. The number of aliphatic carboxylic acids is 1. The highest BCUT2D eigenvalue weighted by Crippen LogP contribution is 2.36. The van der Waals surface area contributed by atoms with Crippen LogP contribution >= 0.6 is 0 Å². The van der Waals surface area contributed by atoms with E-state index < -0.39 is 41.7 Å². The highest BCUT2D eigenvalue weighted by molar-refractivity contribution is 5.95. The number of carboxylic acid groups (broad SMARTS) is 1. The number of carbonyl (C=O) groups excluding carboxylic acids is 2. The van der Waals surface area contributed by atoms with E-state index in [0.717, 1.165) is 5.56 Å². The summed E-state index contributed by atoms with van der Waals surface area (Å²) < 4.78 is 21.0. The van der Waals surface area contributed by atoms with Crippen LogP contribution in [0.2, 0.25) is 0 Å². The number of aromatic nitrogens is 2. The van der Waals surface area contributed by atoms with E-state index in [4.69, 9.17) is 14.8 Å². The Kier molecular flexibility index (Phi) is 10.2. The Labute approximate surface area is 238 Å². The average Bonchev–Trinajstić information content (AvgIpc) is 3.25. The zero-order valence-electron chi connectivity index (χ0n) is 23.8. The number of carbonyl (C=O) groups is 3. The molecule has 3 N–H and O–H groups in total. The normalized spacial score (nSPS) is 12.5. The molecule has 1 aromatic heterocycles. The molecule has 3 rings (SSSR count). The molecule has 0 saturated carbocycles. The molecular formula is C31H36FN3O6. The summed E-state index contributed by atoms with van der Waals surface area (Å²) in [4.78, 5) is 39.8. The molecule has 0 saturated heterocycles. The van der Waals surface area contributed by atoms with E-state index in [1.54, 1.807) is 43.7 Å². The Morgan fingerprint density at radius 1 is 1.10 bits per heavy atom. The number of rotatable bonds is 12. The fourth-order valence-corrected chi connectivity index (χ4v) is 4.15. The van der Waals surface area contributed by atoms with Crippen LogP contribution in [0.3, 0.4) is 0 Å². The molecule has 41 heavy (non-hydrogen) atoms. The third kappa shape index (κ3) is 9.11. The number of nitrogens with one attached hydrogen (secondary N) is 1. The molecule has 0 bridgehead atoms. The molecule has 3 aromatic rings. The van der Waals surface area contributed by atoms with Gasteiger partial charge >= 0.3 is 11.9 Å². The second-order valence-electron chi connectivity index (χ2n) is 10.9. The Bertz CT molecular complexity index is 1420. The Morgan fingerprint density at radius 2 is 1.78 bits per heavy atom. The monoisotopic (exact) mass is 565 g/mol. The van der Waals surface area contributed by atoms with Gasteiger partial charge in [-0.2, -0.15) is 0 Å². The van der Waals surface area contributed by atoms with Crippen molar-refractivity contribution in [3.63, 3.8) is 0 Å². The minimum absolute atomic E-state index is 0.0293. The fourth-order valence-electron chi connectivity index (χ4n) is 4.15. The number of carboxylic acids is 1. The number of esters is 1. The van der Waals surface area contributed by atoms with Crippen molar-refractivity contribution in [3.8, 4) is 22.5 Å². The van der Waals surface area contributed by atoms with E-state index in [0.29, 0.717) is 28.5 Å². The number of hydrogen-bond acceptors (Lipinski definition) is 7. The van der Waals surface area contributed by atoms with Crippen molar-refractivity contribution in [2.75, 3.05) is 11.9 Å². The predicted octanol–water partition coefficient (Wildman–Crippen LogP) is 5.50. The molecule has 9 nitrogen and oxygen atoms in total. The van der Waals surface area contributed by atoms with Gasteiger partial charge in [0, 0.05) is 35.4 Å². The highest BCUT2D eigenvalue weighted by atomic mass is 19.1. The summed E-state index contributed by atoms with van der Waals surface area (Å²) in [6.07, 6.45) is 0.764. The first kappa shape index (κ1) is 31.2. The van der Waals surface area contributed by atoms with E-state index in [-0.39, 0.29) is 18.9 Å². The predicted molar refractivity (Wildman–Crippen MR) is 155 cm³/mol. The van der Waals surface area contributed by atoms with Crippen molar-refractivity contribution < 1.29 is 33.7 Å². The average molecular weight is 566 g/mol. The number of benzene rings is 2. The lowest BCUT2D eigenvalue weighted by Crippen LogP contribution is -2.28. The van der Waals surface area contributed by atoms with Gasteiger partial charge in [0.1, 0.15) is 36.0 Å². The minimum Gasteiger partial charge on any atom is -0.481 e. The number of imidazole rings is 1. The smallest absolute Gasteiger partial charge is 0.325 e. The van der Waals surface area contributed by atoms with Crippen LogP contribution in [0, 0.1) is 5.82 Å². The van der Waals surface area contributed by atoms with E-state index >= 15 is 0 Å². The van der Waals surface area contributed by atoms with E-state index in [1.807, 2.05) is 38.1 Å². The van der Waals surface area contributed by atoms with Gasteiger partial charge in [-0.05, 0) is 63.2 Å². The lowest BCUT2D eigenvalue weighted by atomic mass is 10.0. The van der Waals surface area contributed by atoms with Crippen LogP contribution in [0.5, 0.6) is 0 Å². The number of aliphatic hydroxyl groups excluding tert-OH is 1. The van der Waals surface area contributed by atoms with E-state index in [9.17, 15) is 23.9 Å². The molecular weight excluding hydrogens is 529 g/mol. The van der Waals surface area contributed by atoms with Crippen LogP contribution in [0.1, 0.15) is 59.2 Å². The van der Waals surface area contributed by atoms with Crippen LogP contribution < -0.4 is 5.32 Å². The minimum atomic E-state index is -1.26. The van der Waals surface area contributed by atoms with Crippen LogP contribution in [-0.2, 0) is 19.1 Å². The molecule has 1 unspecified atom stereocenters. The molecule has 2 aromatic carbocycles. The number of halogens is 1. The van der Waals surface area contributed by atoms with Gasteiger partial charge in [-0.25, -0.2) is 9.37 Å². The van der Waals surface area contributed by atoms with Crippen LogP contribution in [0.4, 0.5) is 10.1 Å². The van der Waals surface area contributed by atoms with E-state index in [1.165, 1.54) is 18.2 Å². The number of ketones is 1. The lowest BCUT2D eigenvalue weighted by Gasteiger charge is -2.19. The summed E-state index contributed by atoms with van der Waals surface area (Å²) in [7, 11) is 0. The van der Waals surface area contributed by atoms with Gasteiger partial charge in [-0.1, -0.05) is 26.0 Å². The van der Waals surface area contributed by atoms with Gasteiger partial charge in [0.2, 0.25) is 0 Å². The van der Waals surface area contributed by atoms with Gasteiger partial charge < -0.3 is 24.8 Å². The molecule has 0 radical (unpaired) electrons. The highest BCUT2D eigenvalue weighted by Gasteiger charge is 2.22. The summed E-state index contributed by atoms with van der Waals surface area (Å²) in [5, 5.41) is 22.3. The van der Waals surface area contributed by atoms with Gasteiger partial charge in [-0.15, -0.1) is 0 Å². The lowest BCUT2D eigenvalue weighted by molar-refractivity contribution is -0.152. The molecule has 1 heterocycles. The third-order valence-corrected chi connectivity index (χ3v) is 5.81. The standard InChI is InChI=1S/C31H36FN3O6/c1-19(2)30-34-28(21-7-6-8-23(15-21)33-18-27(40)41-31(3,4)5)29(20-9-11-22(32)12-10-20)35(30)14-13-24(36)16-25(37)17-26(38)39/h6-15,19,24,33,36H,16-18H2,1-5H3,(H,38,39)/b14-13+. The van der Waals surface area contributed by atoms with Crippen LogP contribution in [0.25, 0.3) is 28.7 Å². The number of Topliss-reactive ketones (excluding diaryl/α,β-unsaturated/α-hetero) is 1. The Morgan fingerprint density at radius 3 is 2.39 bits per heavy atom. The van der Waals surface area contributed by atoms with Gasteiger partial charge in [0.25, 0.3) is 0 Å². The molecule has 0 spiro atoms. The molecule has 0 aliphatic rings. The first-order valence-electron chi connectivity index (χ1n) is 13.3. The molecule has 1 atom stereocenters. The number of anilines is 1. The quantitative estimate of drug-likeness (QED) is 0.194. The van der Waals surface area contributed by atoms with Gasteiger partial charge in [-0.3, -0.25) is 14.4 Å². The van der Waals surface area contributed by atoms with E-state index in [2.05, 4.69) is 5.32 Å². The zero-order chi connectivity index (χ0) is 30.3. The summed E-state index contributed by atoms with van der Waals surface area (Å²) in [6.45, 7) is 9.27. The maximum absolute atomic E-state index is 13.8. The second kappa shape index (κ2) is 13.4. The summed E-state index contributed by atoms with van der Waals surface area (Å²) in [6, 6.07) is 13.3. The third-order valence-electron chi connectivity index (χ3n) is 5.81. The molecule has 0 fully saturated rings. The maximum Gasteiger partial charge on any atom is 0.325 e. The second-order valence-corrected chi connectivity index (χ2v) is 10.9. The number of nitrogens with zero attached hydrogens (tertiary/aromatic N) is 2. The summed E-state index contributed by atoms with van der Waals surface area (Å²) in [5.41, 5.74) is 2.66. The first-order chi connectivity index (χ1) is 19.2. The van der Waals surface area contributed by atoms with Crippen molar-refractivity contribution in [3.05, 3.63) is 66.2 Å². The van der Waals surface area contributed by atoms with Crippen molar-refractivity contribution in [2.24, 2.45) is 0 Å². The number of aliphatic hydroxyl groups is 1. The van der Waals surface area contributed by atoms with Crippen LogP contribution in [0.15, 0.2) is 54.6 Å². The topological polar surface area (TPSA) is 131 Å². The fraction of sp³-hybridized carbons (Fsp3) is 0.355. The zero-order valence-corrected chi connectivity index (χ0v) is 23.8. The van der Waals surface area contributed by atoms with Crippen molar-refractivity contribution in [1.29, 1.82) is 0 Å². The molecule has 10 heteroatoms. The Balaban J connectivity index is 2.04. The molecule has 0 aliphatic carbocycles. The largest absolute Gasteiger partial charge is 0.481 e. The van der Waals surface area contributed by atoms with Crippen molar-refractivity contribution in [1.82, 2.24) is 9.55 Å². The Hall–Kier alpha value is -4.31. The number of hydrogen-bond donors (Lipinski definition) is 3. The maximum atomic E-state index is 13.8. The number of ether oxygens (including phenoxy) is 1.